The summed E-state index contributed by atoms with van der Waals surface area (Å²) in [5.74, 6) is 0. The van der Waals surface area contributed by atoms with Crippen molar-refractivity contribution in [1.29, 1.82) is 0 Å². The van der Waals surface area contributed by atoms with Crippen LogP contribution < -0.4 is 0 Å². The van der Waals surface area contributed by atoms with E-state index in [9.17, 15) is 0 Å². The van der Waals surface area contributed by atoms with Crippen molar-refractivity contribution in [3.63, 3.8) is 0 Å². The SMILES string of the molecule is Cc1cc(C)c(/C=C/C2=[N+](C)c3ccc(Cl)cc3C2(C)C)c(C)c1. The molecule has 1 aliphatic rings. The van der Waals surface area contributed by atoms with Gasteiger partial charge < -0.3 is 0 Å². The molecule has 2 heteroatoms. The van der Waals surface area contributed by atoms with Crippen LogP contribution in [0.15, 0.2) is 36.4 Å². The van der Waals surface area contributed by atoms with Gasteiger partial charge in [-0.1, -0.05) is 29.3 Å². The van der Waals surface area contributed by atoms with Gasteiger partial charge in [-0.2, -0.15) is 4.58 Å². The standard InChI is InChI=1S/C22H25ClN/c1-14-11-15(2)18(16(3)12-14)8-10-21-22(4,5)19-13-17(23)7-9-20(19)24(21)6/h7-13H,1-6H3/q+1/b10-8+. The van der Waals surface area contributed by atoms with Crippen LogP contribution in [0.1, 0.15) is 41.7 Å². The first-order valence-electron chi connectivity index (χ1n) is 8.39. The first-order valence-corrected chi connectivity index (χ1v) is 8.76. The highest BCUT2D eigenvalue weighted by Crippen LogP contribution is 2.40. The second-order valence-corrected chi connectivity index (χ2v) is 7.81. The molecule has 2 aromatic rings. The third-order valence-electron chi connectivity index (χ3n) is 5.14. The molecular weight excluding hydrogens is 314 g/mol. The molecule has 1 aliphatic heterocycles. The topological polar surface area (TPSA) is 3.01 Å². The van der Waals surface area contributed by atoms with Gasteiger partial charge in [-0.25, -0.2) is 0 Å². The molecular formula is C22H25ClN+. The predicted octanol–water partition coefficient (Wildman–Crippen LogP) is 5.98. The molecule has 0 unspecified atom stereocenters. The van der Waals surface area contributed by atoms with Gasteiger partial charge in [-0.05, 0) is 69.5 Å². The van der Waals surface area contributed by atoms with Crippen LogP contribution >= 0.6 is 11.6 Å². The minimum absolute atomic E-state index is 0.0575. The maximum atomic E-state index is 6.23. The molecule has 1 nitrogen and oxygen atoms in total. The van der Waals surface area contributed by atoms with Crippen molar-refractivity contribution >= 4 is 29.1 Å². The summed E-state index contributed by atoms with van der Waals surface area (Å²) in [5.41, 5.74) is 9.03. The lowest BCUT2D eigenvalue weighted by Crippen LogP contribution is -2.26. The zero-order valence-corrected chi connectivity index (χ0v) is 16.1. The molecule has 0 bridgehead atoms. The average molecular weight is 339 g/mol. The van der Waals surface area contributed by atoms with E-state index in [-0.39, 0.29) is 5.41 Å². The number of nitrogens with zero attached hydrogens (tertiary/aromatic N) is 1. The molecule has 0 spiro atoms. The summed E-state index contributed by atoms with van der Waals surface area (Å²) in [6, 6.07) is 10.7. The van der Waals surface area contributed by atoms with E-state index in [0.717, 1.165) is 5.02 Å². The van der Waals surface area contributed by atoms with E-state index in [0.29, 0.717) is 0 Å². The summed E-state index contributed by atoms with van der Waals surface area (Å²) in [7, 11) is 2.13. The normalized spacial score (nSPS) is 16.1. The number of rotatable bonds is 2. The van der Waals surface area contributed by atoms with Crippen molar-refractivity contribution in [2.45, 2.75) is 40.0 Å². The smallest absolute Gasteiger partial charge is 0.198 e. The third-order valence-corrected chi connectivity index (χ3v) is 5.38. The summed E-state index contributed by atoms with van der Waals surface area (Å²) in [6.45, 7) is 11.0. The van der Waals surface area contributed by atoms with Crippen molar-refractivity contribution in [1.82, 2.24) is 0 Å². The summed E-state index contributed by atoms with van der Waals surface area (Å²) in [4.78, 5) is 0. The Hall–Kier alpha value is -1.86. The summed E-state index contributed by atoms with van der Waals surface area (Å²) in [5, 5.41) is 0.797. The van der Waals surface area contributed by atoms with E-state index < -0.39 is 0 Å². The van der Waals surface area contributed by atoms with Crippen molar-refractivity contribution < 1.29 is 4.58 Å². The summed E-state index contributed by atoms with van der Waals surface area (Å²) in [6.07, 6.45) is 4.52. The number of halogens is 1. The Morgan fingerprint density at radius 3 is 2.21 bits per heavy atom. The van der Waals surface area contributed by atoms with Crippen LogP contribution in [0.4, 0.5) is 5.69 Å². The van der Waals surface area contributed by atoms with Crippen molar-refractivity contribution in [2.24, 2.45) is 0 Å². The first kappa shape index (κ1) is 17.0. The van der Waals surface area contributed by atoms with Gasteiger partial charge in [0.2, 0.25) is 5.69 Å². The van der Waals surface area contributed by atoms with Crippen LogP contribution in [-0.2, 0) is 5.41 Å². The predicted molar refractivity (Wildman–Crippen MR) is 105 cm³/mol. The lowest BCUT2D eigenvalue weighted by atomic mass is 9.81. The van der Waals surface area contributed by atoms with Gasteiger partial charge in [0.15, 0.2) is 5.71 Å². The average Bonchev–Trinajstić information content (AvgIpc) is 2.66. The van der Waals surface area contributed by atoms with E-state index in [1.54, 1.807) is 0 Å². The number of allylic oxidation sites excluding steroid dienone is 1. The van der Waals surface area contributed by atoms with Gasteiger partial charge in [0.25, 0.3) is 0 Å². The first-order chi connectivity index (χ1) is 11.2. The molecule has 0 atom stereocenters. The molecule has 1 heterocycles. The number of fused-ring (bicyclic) bond motifs is 1. The molecule has 0 fully saturated rings. The van der Waals surface area contributed by atoms with Gasteiger partial charge in [0, 0.05) is 22.7 Å². The number of hydrogen-bond donors (Lipinski definition) is 0. The van der Waals surface area contributed by atoms with Crippen LogP contribution in [0, 0.1) is 20.8 Å². The van der Waals surface area contributed by atoms with Crippen LogP contribution in [-0.4, -0.2) is 17.3 Å². The summed E-state index contributed by atoms with van der Waals surface area (Å²) >= 11 is 6.23. The zero-order valence-electron chi connectivity index (χ0n) is 15.4. The number of hydrogen-bond acceptors (Lipinski definition) is 0. The van der Waals surface area contributed by atoms with Gasteiger partial charge in [-0.15, -0.1) is 0 Å². The van der Waals surface area contributed by atoms with E-state index >= 15 is 0 Å². The molecule has 0 saturated carbocycles. The van der Waals surface area contributed by atoms with Crippen molar-refractivity contribution in [3.05, 3.63) is 69.2 Å². The Bertz CT molecular complexity index is 862. The van der Waals surface area contributed by atoms with E-state index in [2.05, 4.69) is 82.7 Å². The molecule has 0 aromatic heterocycles. The largest absolute Gasteiger partial charge is 0.209 e. The molecule has 24 heavy (non-hydrogen) atoms. The molecule has 0 N–H and O–H groups in total. The third kappa shape index (κ3) is 2.71. The monoisotopic (exact) mass is 338 g/mol. The maximum absolute atomic E-state index is 6.23. The number of benzene rings is 2. The fourth-order valence-corrected chi connectivity index (χ4v) is 4.10. The Kier molecular flexibility index (Phi) is 4.17. The van der Waals surface area contributed by atoms with Crippen LogP contribution in [0.5, 0.6) is 0 Å². The minimum Gasteiger partial charge on any atom is -0.198 e. The Balaban J connectivity index is 2.07. The van der Waals surface area contributed by atoms with Crippen LogP contribution in [0.3, 0.4) is 0 Å². The van der Waals surface area contributed by atoms with Crippen molar-refractivity contribution in [2.75, 3.05) is 7.05 Å². The van der Waals surface area contributed by atoms with Crippen molar-refractivity contribution in [3.8, 4) is 0 Å². The Morgan fingerprint density at radius 2 is 1.58 bits per heavy atom. The molecule has 124 valence electrons. The maximum Gasteiger partial charge on any atom is 0.209 e. The van der Waals surface area contributed by atoms with E-state index in [1.807, 2.05) is 6.07 Å². The lowest BCUT2D eigenvalue weighted by molar-refractivity contribution is -0.401. The lowest BCUT2D eigenvalue weighted by Gasteiger charge is -2.16. The summed E-state index contributed by atoms with van der Waals surface area (Å²) < 4.78 is 2.28. The Labute approximate surface area is 150 Å². The number of aryl methyl sites for hydroxylation is 3. The quantitative estimate of drug-likeness (QED) is 0.592. The molecule has 0 amide bonds. The van der Waals surface area contributed by atoms with Crippen LogP contribution in [0.2, 0.25) is 5.02 Å². The molecule has 3 rings (SSSR count). The van der Waals surface area contributed by atoms with Gasteiger partial charge in [0.05, 0.1) is 5.41 Å². The second kappa shape index (κ2) is 5.89. The zero-order chi connectivity index (χ0) is 17.6. The minimum atomic E-state index is -0.0575. The van der Waals surface area contributed by atoms with Gasteiger partial charge in [0.1, 0.15) is 7.05 Å². The fraction of sp³-hybridized carbons (Fsp3) is 0.318. The highest BCUT2D eigenvalue weighted by molar-refractivity contribution is 6.30. The molecule has 0 aliphatic carbocycles. The van der Waals surface area contributed by atoms with Crippen LogP contribution in [0.25, 0.3) is 6.08 Å². The highest BCUT2D eigenvalue weighted by Gasteiger charge is 2.42. The highest BCUT2D eigenvalue weighted by atomic mass is 35.5. The van der Waals surface area contributed by atoms with E-state index in [4.69, 9.17) is 11.6 Å². The molecule has 0 radical (unpaired) electrons. The fourth-order valence-electron chi connectivity index (χ4n) is 3.92. The van der Waals surface area contributed by atoms with Gasteiger partial charge in [-0.3, -0.25) is 0 Å². The second-order valence-electron chi connectivity index (χ2n) is 7.38. The van der Waals surface area contributed by atoms with Gasteiger partial charge >= 0.3 is 0 Å². The molecule has 2 aromatic carbocycles. The molecule has 0 saturated heterocycles. The van der Waals surface area contributed by atoms with E-state index in [1.165, 1.54) is 39.2 Å². The Morgan fingerprint density at radius 1 is 0.958 bits per heavy atom.